The lowest BCUT2D eigenvalue weighted by Crippen LogP contribution is -2.30. The molecule has 0 aliphatic rings. The van der Waals surface area contributed by atoms with Gasteiger partial charge in [-0.3, -0.25) is 4.79 Å². The van der Waals surface area contributed by atoms with Gasteiger partial charge in [0.2, 0.25) is 0 Å². The molecule has 1 atom stereocenters. The van der Waals surface area contributed by atoms with Crippen molar-refractivity contribution in [3.05, 3.63) is 24.2 Å². The zero-order valence-corrected chi connectivity index (χ0v) is 8.78. The summed E-state index contributed by atoms with van der Waals surface area (Å²) < 4.78 is 5.15. The summed E-state index contributed by atoms with van der Waals surface area (Å²) in [6.45, 7) is 5.78. The number of aliphatic carboxylic acids is 1. The maximum absolute atomic E-state index is 11.0. The maximum atomic E-state index is 11.0. The molecule has 0 spiro atoms. The first-order valence-electron chi connectivity index (χ1n) is 4.66. The van der Waals surface area contributed by atoms with Gasteiger partial charge in [-0.1, -0.05) is 20.8 Å². The van der Waals surface area contributed by atoms with Crippen molar-refractivity contribution in [2.45, 2.75) is 27.2 Å². The SMILES string of the molecule is CC(C)(C)[C@@H](Cc1ccco1)C(=O)O. The van der Waals surface area contributed by atoms with E-state index in [9.17, 15) is 4.79 Å². The number of rotatable bonds is 3. The summed E-state index contributed by atoms with van der Waals surface area (Å²) in [5, 5.41) is 9.07. The van der Waals surface area contributed by atoms with Crippen LogP contribution in [0, 0.1) is 11.3 Å². The van der Waals surface area contributed by atoms with E-state index in [1.54, 1.807) is 12.3 Å². The molecule has 0 aliphatic carbocycles. The van der Waals surface area contributed by atoms with Crippen molar-refractivity contribution in [2.24, 2.45) is 11.3 Å². The van der Waals surface area contributed by atoms with E-state index in [2.05, 4.69) is 0 Å². The Morgan fingerprint density at radius 2 is 2.21 bits per heavy atom. The monoisotopic (exact) mass is 196 g/mol. The van der Waals surface area contributed by atoms with Crippen LogP contribution in [-0.2, 0) is 11.2 Å². The third kappa shape index (κ3) is 2.62. The summed E-state index contributed by atoms with van der Waals surface area (Å²) in [4.78, 5) is 11.0. The minimum Gasteiger partial charge on any atom is -0.481 e. The fraction of sp³-hybridized carbons (Fsp3) is 0.545. The first-order valence-corrected chi connectivity index (χ1v) is 4.66. The Morgan fingerprint density at radius 3 is 2.57 bits per heavy atom. The second kappa shape index (κ2) is 3.86. The van der Waals surface area contributed by atoms with Crippen molar-refractivity contribution in [1.82, 2.24) is 0 Å². The molecule has 78 valence electrons. The third-order valence-electron chi connectivity index (χ3n) is 2.33. The topological polar surface area (TPSA) is 50.4 Å². The van der Waals surface area contributed by atoms with E-state index in [0.29, 0.717) is 6.42 Å². The van der Waals surface area contributed by atoms with Gasteiger partial charge in [0.25, 0.3) is 0 Å². The summed E-state index contributed by atoms with van der Waals surface area (Å²) >= 11 is 0. The Morgan fingerprint density at radius 1 is 1.57 bits per heavy atom. The predicted octanol–water partition coefficient (Wildman–Crippen LogP) is 2.57. The van der Waals surface area contributed by atoms with Gasteiger partial charge in [-0.15, -0.1) is 0 Å². The lowest BCUT2D eigenvalue weighted by Gasteiger charge is -2.26. The van der Waals surface area contributed by atoms with Crippen molar-refractivity contribution in [1.29, 1.82) is 0 Å². The summed E-state index contributed by atoms with van der Waals surface area (Å²) in [6, 6.07) is 3.58. The van der Waals surface area contributed by atoms with Crippen LogP contribution in [0.2, 0.25) is 0 Å². The van der Waals surface area contributed by atoms with E-state index < -0.39 is 11.9 Å². The molecule has 0 aliphatic heterocycles. The standard InChI is InChI=1S/C11H16O3/c1-11(2,3)9(10(12)13)7-8-5-4-6-14-8/h4-6,9H,7H2,1-3H3,(H,12,13)/t9-/m0/s1. The predicted molar refractivity (Wildman–Crippen MR) is 53.0 cm³/mol. The van der Waals surface area contributed by atoms with Crippen LogP contribution in [0.25, 0.3) is 0 Å². The lowest BCUT2D eigenvalue weighted by molar-refractivity contribution is -0.145. The summed E-state index contributed by atoms with van der Waals surface area (Å²) in [6.07, 6.45) is 2.02. The highest BCUT2D eigenvalue weighted by Crippen LogP contribution is 2.29. The average molecular weight is 196 g/mol. The molecule has 3 nitrogen and oxygen atoms in total. The van der Waals surface area contributed by atoms with Gasteiger partial charge in [0.05, 0.1) is 12.2 Å². The molecule has 0 aromatic carbocycles. The molecule has 1 N–H and O–H groups in total. The van der Waals surface area contributed by atoms with Gasteiger partial charge >= 0.3 is 5.97 Å². The highest BCUT2D eigenvalue weighted by molar-refractivity contribution is 5.71. The molecule has 0 radical (unpaired) electrons. The molecule has 3 heteroatoms. The Labute approximate surface area is 83.7 Å². The van der Waals surface area contributed by atoms with Gasteiger partial charge in [0.1, 0.15) is 5.76 Å². The molecule has 0 unspecified atom stereocenters. The van der Waals surface area contributed by atoms with Gasteiger partial charge in [-0.25, -0.2) is 0 Å². The Hall–Kier alpha value is -1.25. The highest BCUT2D eigenvalue weighted by Gasteiger charge is 2.31. The normalized spacial score (nSPS) is 13.9. The summed E-state index contributed by atoms with van der Waals surface area (Å²) in [5.41, 5.74) is -0.251. The van der Waals surface area contributed by atoms with Gasteiger partial charge in [0.15, 0.2) is 0 Å². The number of carboxylic acid groups (broad SMARTS) is 1. The molecular weight excluding hydrogens is 180 g/mol. The maximum Gasteiger partial charge on any atom is 0.307 e. The van der Waals surface area contributed by atoms with E-state index in [-0.39, 0.29) is 5.41 Å². The van der Waals surface area contributed by atoms with Crippen molar-refractivity contribution < 1.29 is 14.3 Å². The zero-order valence-electron chi connectivity index (χ0n) is 8.78. The van der Waals surface area contributed by atoms with Gasteiger partial charge in [0, 0.05) is 6.42 Å². The average Bonchev–Trinajstić information content (AvgIpc) is 2.48. The number of hydrogen-bond donors (Lipinski definition) is 1. The minimum absolute atomic E-state index is 0.251. The molecule has 0 fully saturated rings. The van der Waals surface area contributed by atoms with Crippen LogP contribution in [0.1, 0.15) is 26.5 Å². The Kier molecular flexibility index (Phi) is 2.99. The summed E-state index contributed by atoms with van der Waals surface area (Å²) in [7, 11) is 0. The molecule has 14 heavy (non-hydrogen) atoms. The van der Waals surface area contributed by atoms with E-state index in [0.717, 1.165) is 5.76 Å². The zero-order chi connectivity index (χ0) is 10.8. The Balaban J connectivity index is 2.76. The molecule has 1 heterocycles. The molecular formula is C11H16O3. The van der Waals surface area contributed by atoms with E-state index >= 15 is 0 Å². The minimum atomic E-state index is -0.770. The van der Waals surface area contributed by atoms with Crippen molar-refractivity contribution in [3.63, 3.8) is 0 Å². The Bertz CT molecular complexity index is 293. The van der Waals surface area contributed by atoms with Crippen molar-refractivity contribution in [2.75, 3.05) is 0 Å². The number of furan rings is 1. The van der Waals surface area contributed by atoms with Crippen LogP contribution in [0.15, 0.2) is 22.8 Å². The van der Waals surface area contributed by atoms with Crippen LogP contribution < -0.4 is 0 Å². The van der Waals surface area contributed by atoms with Crippen LogP contribution in [0.4, 0.5) is 0 Å². The van der Waals surface area contributed by atoms with E-state index in [4.69, 9.17) is 9.52 Å². The van der Waals surface area contributed by atoms with Gasteiger partial charge < -0.3 is 9.52 Å². The molecule has 0 amide bonds. The highest BCUT2D eigenvalue weighted by atomic mass is 16.4. The molecule has 0 saturated carbocycles. The second-order valence-electron chi connectivity index (χ2n) is 4.54. The number of carboxylic acids is 1. The van der Waals surface area contributed by atoms with Gasteiger partial charge in [-0.05, 0) is 17.5 Å². The number of carbonyl (C=O) groups is 1. The summed E-state index contributed by atoms with van der Waals surface area (Å²) in [5.74, 6) is -0.449. The van der Waals surface area contributed by atoms with Crippen molar-refractivity contribution in [3.8, 4) is 0 Å². The van der Waals surface area contributed by atoms with E-state index in [1.165, 1.54) is 0 Å². The van der Waals surface area contributed by atoms with Crippen LogP contribution in [0.5, 0.6) is 0 Å². The fourth-order valence-electron chi connectivity index (χ4n) is 1.39. The van der Waals surface area contributed by atoms with Gasteiger partial charge in [-0.2, -0.15) is 0 Å². The molecule has 0 saturated heterocycles. The quantitative estimate of drug-likeness (QED) is 0.808. The first kappa shape index (κ1) is 10.8. The van der Waals surface area contributed by atoms with Crippen LogP contribution in [-0.4, -0.2) is 11.1 Å². The largest absolute Gasteiger partial charge is 0.481 e. The third-order valence-corrected chi connectivity index (χ3v) is 2.33. The molecule has 1 aromatic rings. The van der Waals surface area contributed by atoms with Crippen LogP contribution >= 0.6 is 0 Å². The first-order chi connectivity index (χ1) is 6.41. The van der Waals surface area contributed by atoms with Crippen LogP contribution in [0.3, 0.4) is 0 Å². The number of hydrogen-bond acceptors (Lipinski definition) is 2. The lowest BCUT2D eigenvalue weighted by atomic mass is 9.78. The smallest absolute Gasteiger partial charge is 0.307 e. The van der Waals surface area contributed by atoms with Crippen molar-refractivity contribution >= 4 is 5.97 Å². The molecule has 1 rings (SSSR count). The molecule has 1 aromatic heterocycles. The second-order valence-corrected chi connectivity index (χ2v) is 4.54. The van der Waals surface area contributed by atoms with E-state index in [1.807, 2.05) is 26.8 Å². The fourth-order valence-corrected chi connectivity index (χ4v) is 1.39. The molecule has 0 bridgehead atoms.